The van der Waals surface area contributed by atoms with Crippen LogP contribution >= 0.6 is 11.6 Å². The highest BCUT2D eigenvalue weighted by molar-refractivity contribution is 6.33. The van der Waals surface area contributed by atoms with Gasteiger partial charge >= 0.3 is 0 Å². The summed E-state index contributed by atoms with van der Waals surface area (Å²) in [6.07, 6.45) is 0. The third-order valence-corrected chi connectivity index (χ3v) is 3.38. The molecule has 1 N–H and O–H groups in total. The van der Waals surface area contributed by atoms with Crippen LogP contribution in [0, 0.1) is 27.2 Å². The van der Waals surface area contributed by atoms with Gasteiger partial charge < -0.3 is 5.32 Å². The number of nitrogens with one attached hydrogen (secondary N) is 1. The monoisotopic (exact) mass is 335 g/mol. The number of aryl methyl sites for hydroxylation is 1. The highest BCUT2D eigenvalue weighted by Gasteiger charge is 2.16. The number of nitro groups is 2. The maximum absolute atomic E-state index is 12.1. The first-order valence-electron chi connectivity index (χ1n) is 6.30. The van der Waals surface area contributed by atoms with Gasteiger partial charge in [0.25, 0.3) is 17.3 Å². The van der Waals surface area contributed by atoms with Crippen LogP contribution in [0.15, 0.2) is 36.4 Å². The molecule has 0 aliphatic heterocycles. The Kier molecular flexibility index (Phi) is 4.56. The van der Waals surface area contributed by atoms with Crippen LogP contribution in [-0.4, -0.2) is 15.8 Å². The van der Waals surface area contributed by atoms with Crippen molar-refractivity contribution < 1.29 is 14.6 Å². The first kappa shape index (κ1) is 16.4. The molecule has 0 radical (unpaired) electrons. The lowest BCUT2D eigenvalue weighted by Gasteiger charge is -2.08. The van der Waals surface area contributed by atoms with Gasteiger partial charge in [0.2, 0.25) is 0 Å². The summed E-state index contributed by atoms with van der Waals surface area (Å²) in [5.41, 5.74) is 0.669. The summed E-state index contributed by atoms with van der Waals surface area (Å²) in [6, 6.07) is 7.62. The predicted octanol–water partition coefficient (Wildman–Crippen LogP) is 3.72. The Morgan fingerprint density at radius 1 is 1.09 bits per heavy atom. The Balaban J connectivity index is 2.24. The minimum Gasteiger partial charge on any atom is -0.322 e. The Morgan fingerprint density at radius 3 is 2.30 bits per heavy atom. The fraction of sp³-hybridized carbons (Fsp3) is 0.0714. The molecule has 0 atom stereocenters. The van der Waals surface area contributed by atoms with Crippen molar-refractivity contribution in [2.24, 2.45) is 0 Å². The molecule has 1 amide bonds. The molecular weight excluding hydrogens is 326 g/mol. The number of hydrogen-bond donors (Lipinski definition) is 1. The molecule has 0 heterocycles. The second kappa shape index (κ2) is 6.41. The van der Waals surface area contributed by atoms with E-state index in [-0.39, 0.29) is 22.0 Å². The molecule has 23 heavy (non-hydrogen) atoms. The average Bonchev–Trinajstić information content (AvgIpc) is 2.48. The standard InChI is InChI=1S/C14H10ClN3O5/c1-8-6-10(17(20)21)3-4-12(8)16-14(19)9-2-5-13(18(22)23)11(15)7-9/h2-7H,1H3,(H,16,19). The van der Waals surface area contributed by atoms with E-state index in [1.807, 2.05) is 0 Å². The molecule has 9 heteroatoms. The third-order valence-electron chi connectivity index (χ3n) is 3.08. The van der Waals surface area contributed by atoms with Crippen LogP contribution in [-0.2, 0) is 0 Å². The molecule has 2 rings (SSSR count). The summed E-state index contributed by atoms with van der Waals surface area (Å²) < 4.78 is 0. The first-order chi connectivity index (χ1) is 10.8. The summed E-state index contributed by atoms with van der Waals surface area (Å²) in [4.78, 5) is 32.3. The highest BCUT2D eigenvalue weighted by atomic mass is 35.5. The Bertz CT molecular complexity index is 822. The first-order valence-corrected chi connectivity index (χ1v) is 6.67. The van der Waals surface area contributed by atoms with Crippen molar-refractivity contribution in [1.82, 2.24) is 0 Å². The van der Waals surface area contributed by atoms with Crippen LogP contribution < -0.4 is 5.32 Å². The van der Waals surface area contributed by atoms with E-state index in [4.69, 9.17) is 11.6 Å². The second-order valence-corrected chi connectivity index (χ2v) is 5.04. The van der Waals surface area contributed by atoms with Crippen LogP contribution in [0.3, 0.4) is 0 Å². The van der Waals surface area contributed by atoms with Crippen molar-refractivity contribution >= 4 is 34.6 Å². The van der Waals surface area contributed by atoms with Crippen LogP contribution in [0.1, 0.15) is 15.9 Å². The van der Waals surface area contributed by atoms with Crippen molar-refractivity contribution in [3.8, 4) is 0 Å². The third kappa shape index (κ3) is 3.61. The number of amides is 1. The molecule has 2 aromatic rings. The second-order valence-electron chi connectivity index (χ2n) is 4.63. The minimum atomic E-state index is -0.648. The van der Waals surface area contributed by atoms with E-state index in [0.29, 0.717) is 11.3 Å². The molecule has 2 aromatic carbocycles. The van der Waals surface area contributed by atoms with Gasteiger partial charge in [-0.1, -0.05) is 11.6 Å². The summed E-state index contributed by atoms with van der Waals surface area (Å²) >= 11 is 5.76. The van der Waals surface area contributed by atoms with E-state index in [1.54, 1.807) is 6.92 Å². The van der Waals surface area contributed by atoms with Gasteiger partial charge in [0.15, 0.2) is 0 Å². The molecule has 0 aliphatic rings. The molecule has 0 unspecified atom stereocenters. The van der Waals surface area contributed by atoms with Crippen LogP contribution in [0.2, 0.25) is 5.02 Å². The molecule has 0 aromatic heterocycles. The normalized spacial score (nSPS) is 10.2. The van der Waals surface area contributed by atoms with E-state index in [2.05, 4.69) is 5.32 Å². The molecule has 118 valence electrons. The Labute approximate surface area is 135 Å². The van der Waals surface area contributed by atoms with Crippen molar-refractivity contribution in [2.45, 2.75) is 6.92 Å². The van der Waals surface area contributed by atoms with Gasteiger partial charge in [-0.3, -0.25) is 25.0 Å². The predicted molar refractivity (Wildman–Crippen MR) is 83.9 cm³/mol. The largest absolute Gasteiger partial charge is 0.322 e. The lowest BCUT2D eigenvalue weighted by atomic mass is 10.1. The van der Waals surface area contributed by atoms with E-state index in [1.165, 1.54) is 30.3 Å². The van der Waals surface area contributed by atoms with Crippen LogP contribution in [0.25, 0.3) is 0 Å². The molecule has 0 bridgehead atoms. The summed E-state index contributed by atoms with van der Waals surface area (Å²) in [5, 5.41) is 23.8. The van der Waals surface area contributed by atoms with E-state index in [9.17, 15) is 25.0 Å². The van der Waals surface area contributed by atoms with Gasteiger partial charge in [-0.05, 0) is 30.7 Å². The van der Waals surface area contributed by atoms with Crippen LogP contribution in [0.4, 0.5) is 17.1 Å². The van der Waals surface area contributed by atoms with Gasteiger partial charge in [-0.2, -0.15) is 0 Å². The van der Waals surface area contributed by atoms with E-state index in [0.717, 1.165) is 6.07 Å². The highest BCUT2D eigenvalue weighted by Crippen LogP contribution is 2.26. The number of carbonyl (C=O) groups is 1. The number of halogens is 1. The topological polar surface area (TPSA) is 115 Å². The number of benzene rings is 2. The van der Waals surface area contributed by atoms with Crippen molar-refractivity contribution in [1.29, 1.82) is 0 Å². The van der Waals surface area contributed by atoms with Gasteiger partial charge in [0.05, 0.1) is 9.85 Å². The summed E-state index contributed by atoms with van der Waals surface area (Å²) in [7, 11) is 0. The number of carbonyl (C=O) groups excluding carboxylic acids is 1. The van der Waals surface area contributed by atoms with Crippen LogP contribution in [0.5, 0.6) is 0 Å². The molecule has 0 spiro atoms. The summed E-state index contributed by atoms with van der Waals surface area (Å²) in [5.74, 6) is -0.529. The maximum Gasteiger partial charge on any atom is 0.287 e. The molecular formula is C14H10ClN3O5. The quantitative estimate of drug-likeness (QED) is 0.675. The molecule has 0 saturated carbocycles. The van der Waals surface area contributed by atoms with E-state index < -0.39 is 15.8 Å². The lowest BCUT2D eigenvalue weighted by Crippen LogP contribution is -2.13. The number of nitro benzene ring substituents is 2. The van der Waals surface area contributed by atoms with Gasteiger partial charge in [-0.25, -0.2) is 0 Å². The van der Waals surface area contributed by atoms with Crippen molar-refractivity contribution in [3.63, 3.8) is 0 Å². The fourth-order valence-corrected chi connectivity index (χ4v) is 2.14. The lowest BCUT2D eigenvalue weighted by molar-refractivity contribution is -0.385. The van der Waals surface area contributed by atoms with Crippen molar-refractivity contribution in [2.75, 3.05) is 5.32 Å². The maximum atomic E-state index is 12.1. The molecule has 0 saturated heterocycles. The number of rotatable bonds is 4. The Morgan fingerprint density at radius 2 is 1.78 bits per heavy atom. The number of non-ortho nitro benzene ring substituents is 1. The SMILES string of the molecule is Cc1cc([N+](=O)[O-])ccc1NC(=O)c1ccc([N+](=O)[O-])c(Cl)c1. The number of hydrogen-bond acceptors (Lipinski definition) is 5. The van der Waals surface area contributed by atoms with Gasteiger partial charge in [0.1, 0.15) is 5.02 Å². The van der Waals surface area contributed by atoms with Crippen molar-refractivity contribution in [3.05, 3.63) is 72.8 Å². The number of anilines is 1. The molecule has 0 fully saturated rings. The summed E-state index contributed by atoms with van der Waals surface area (Å²) in [6.45, 7) is 1.62. The fourth-order valence-electron chi connectivity index (χ4n) is 1.89. The molecule has 8 nitrogen and oxygen atoms in total. The van der Waals surface area contributed by atoms with Gasteiger partial charge in [0, 0.05) is 29.4 Å². The van der Waals surface area contributed by atoms with E-state index >= 15 is 0 Å². The zero-order valence-electron chi connectivity index (χ0n) is 11.8. The Hall–Kier alpha value is -3.00. The minimum absolute atomic E-state index is 0.0844. The zero-order valence-corrected chi connectivity index (χ0v) is 12.5. The smallest absolute Gasteiger partial charge is 0.287 e. The number of nitrogens with zero attached hydrogens (tertiary/aromatic N) is 2. The molecule has 0 aliphatic carbocycles. The average molecular weight is 336 g/mol. The zero-order chi connectivity index (χ0) is 17.1. The van der Waals surface area contributed by atoms with Gasteiger partial charge in [-0.15, -0.1) is 0 Å².